The Labute approximate surface area is 141 Å². The normalized spacial score (nSPS) is 11.0. The molecule has 0 aliphatic heterocycles. The summed E-state index contributed by atoms with van der Waals surface area (Å²) >= 11 is 0. The number of anilines is 1. The molecule has 2 aromatic heterocycles. The molecule has 0 aliphatic carbocycles. The monoisotopic (exact) mass is 322 g/mol. The van der Waals surface area contributed by atoms with Gasteiger partial charge in [-0.1, -0.05) is 18.2 Å². The first kappa shape index (κ1) is 16.1. The SMILES string of the molecule is CC(C)NC(=O)c1cncc(NCCc2c[nH]c3ccccc23)c1. The van der Waals surface area contributed by atoms with Crippen molar-refractivity contribution in [2.75, 3.05) is 11.9 Å². The molecule has 0 unspecified atom stereocenters. The molecule has 3 aromatic rings. The van der Waals surface area contributed by atoms with Gasteiger partial charge in [-0.15, -0.1) is 0 Å². The van der Waals surface area contributed by atoms with Crippen LogP contribution >= 0.6 is 0 Å². The Morgan fingerprint density at radius 2 is 2.08 bits per heavy atom. The number of benzene rings is 1. The van der Waals surface area contributed by atoms with Gasteiger partial charge in [-0.2, -0.15) is 0 Å². The van der Waals surface area contributed by atoms with Gasteiger partial charge in [0.15, 0.2) is 0 Å². The molecule has 3 N–H and O–H groups in total. The molecular weight excluding hydrogens is 300 g/mol. The minimum absolute atomic E-state index is 0.0993. The third-order valence-electron chi connectivity index (χ3n) is 3.82. The minimum atomic E-state index is -0.0993. The number of amides is 1. The molecule has 0 fully saturated rings. The fraction of sp³-hybridized carbons (Fsp3) is 0.263. The molecule has 0 aliphatic rings. The lowest BCUT2D eigenvalue weighted by atomic mass is 10.1. The number of pyridine rings is 1. The van der Waals surface area contributed by atoms with E-state index in [4.69, 9.17) is 0 Å². The molecule has 5 nitrogen and oxygen atoms in total. The summed E-state index contributed by atoms with van der Waals surface area (Å²) in [6, 6.07) is 10.2. The zero-order valence-electron chi connectivity index (χ0n) is 14.0. The predicted molar refractivity (Wildman–Crippen MR) is 97.3 cm³/mol. The van der Waals surface area contributed by atoms with E-state index in [1.807, 2.05) is 32.0 Å². The van der Waals surface area contributed by atoms with Crippen molar-refractivity contribution in [3.8, 4) is 0 Å². The smallest absolute Gasteiger partial charge is 0.253 e. The van der Waals surface area contributed by atoms with E-state index in [-0.39, 0.29) is 11.9 Å². The van der Waals surface area contributed by atoms with Crippen LogP contribution in [0.1, 0.15) is 29.8 Å². The predicted octanol–water partition coefficient (Wildman–Crippen LogP) is 3.36. The lowest BCUT2D eigenvalue weighted by Gasteiger charge is -2.10. The summed E-state index contributed by atoms with van der Waals surface area (Å²) in [5.41, 5.74) is 3.85. The molecule has 24 heavy (non-hydrogen) atoms. The van der Waals surface area contributed by atoms with E-state index >= 15 is 0 Å². The first-order valence-electron chi connectivity index (χ1n) is 8.18. The minimum Gasteiger partial charge on any atom is -0.383 e. The average Bonchev–Trinajstić information content (AvgIpc) is 2.98. The van der Waals surface area contributed by atoms with Crippen molar-refractivity contribution in [1.29, 1.82) is 0 Å². The van der Waals surface area contributed by atoms with Gasteiger partial charge < -0.3 is 15.6 Å². The van der Waals surface area contributed by atoms with Crippen LogP contribution in [0.25, 0.3) is 10.9 Å². The van der Waals surface area contributed by atoms with E-state index in [2.05, 4.69) is 38.9 Å². The van der Waals surface area contributed by atoms with Crippen LogP contribution < -0.4 is 10.6 Å². The number of hydrogen-bond acceptors (Lipinski definition) is 3. The highest BCUT2D eigenvalue weighted by Crippen LogP contribution is 2.18. The molecule has 0 saturated heterocycles. The molecular formula is C19H22N4O. The lowest BCUT2D eigenvalue weighted by molar-refractivity contribution is 0.0943. The summed E-state index contributed by atoms with van der Waals surface area (Å²) in [5, 5.41) is 7.47. The highest BCUT2D eigenvalue weighted by Gasteiger charge is 2.08. The van der Waals surface area contributed by atoms with Gasteiger partial charge in [0.25, 0.3) is 5.91 Å². The summed E-state index contributed by atoms with van der Waals surface area (Å²) in [6.45, 7) is 4.65. The first-order valence-corrected chi connectivity index (χ1v) is 8.18. The summed E-state index contributed by atoms with van der Waals surface area (Å²) in [5.74, 6) is -0.0993. The van der Waals surface area contributed by atoms with Crippen molar-refractivity contribution in [3.63, 3.8) is 0 Å². The molecule has 5 heteroatoms. The van der Waals surface area contributed by atoms with Crippen LogP contribution in [0, 0.1) is 0 Å². The number of hydrogen-bond donors (Lipinski definition) is 3. The van der Waals surface area contributed by atoms with Crippen LogP contribution in [0.15, 0.2) is 48.9 Å². The van der Waals surface area contributed by atoms with Gasteiger partial charge in [-0.25, -0.2) is 0 Å². The maximum Gasteiger partial charge on any atom is 0.253 e. The average molecular weight is 322 g/mol. The lowest BCUT2D eigenvalue weighted by Crippen LogP contribution is -2.30. The molecule has 3 rings (SSSR count). The standard InChI is InChI=1S/C19H22N4O/c1-13(2)23-19(24)15-9-16(12-20-10-15)21-8-7-14-11-22-18-6-4-3-5-17(14)18/h3-6,9-13,21-22H,7-8H2,1-2H3,(H,23,24). The molecule has 0 saturated carbocycles. The quantitative estimate of drug-likeness (QED) is 0.652. The highest BCUT2D eigenvalue weighted by molar-refractivity contribution is 5.94. The van der Waals surface area contributed by atoms with Crippen molar-refractivity contribution in [1.82, 2.24) is 15.3 Å². The van der Waals surface area contributed by atoms with Crippen molar-refractivity contribution in [3.05, 3.63) is 60.0 Å². The van der Waals surface area contributed by atoms with Gasteiger partial charge in [-0.05, 0) is 38.0 Å². The molecule has 0 spiro atoms. The highest BCUT2D eigenvalue weighted by atomic mass is 16.1. The number of aromatic amines is 1. The van der Waals surface area contributed by atoms with Gasteiger partial charge >= 0.3 is 0 Å². The Morgan fingerprint density at radius 1 is 1.25 bits per heavy atom. The van der Waals surface area contributed by atoms with Crippen LogP contribution in [0.3, 0.4) is 0 Å². The second-order valence-corrected chi connectivity index (χ2v) is 6.13. The summed E-state index contributed by atoms with van der Waals surface area (Å²) < 4.78 is 0. The number of nitrogens with zero attached hydrogens (tertiary/aromatic N) is 1. The third kappa shape index (κ3) is 3.74. The number of rotatable bonds is 6. The van der Waals surface area contributed by atoms with Gasteiger partial charge in [-0.3, -0.25) is 9.78 Å². The van der Waals surface area contributed by atoms with Gasteiger partial charge in [0.05, 0.1) is 11.3 Å². The Bertz CT molecular complexity index is 838. The van der Waals surface area contributed by atoms with E-state index < -0.39 is 0 Å². The zero-order valence-corrected chi connectivity index (χ0v) is 14.0. The molecule has 0 bridgehead atoms. The van der Waals surface area contributed by atoms with Crippen LogP contribution in [0.2, 0.25) is 0 Å². The molecule has 124 valence electrons. The summed E-state index contributed by atoms with van der Waals surface area (Å²) in [6.07, 6.45) is 6.27. The van der Waals surface area contributed by atoms with Gasteiger partial charge in [0.1, 0.15) is 0 Å². The van der Waals surface area contributed by atoms with Crippen LogP contribution in [0.4, 0.5) is 5.69 Å². The Kier molecular flexibility index (Phi) is 4.79. The summed E-state index contributed by atoms with van der Waals surface area (Å²) in [4.78, 5) is 19.5. The first-order chi connectivity index (χ1) is 11.6. The largest absolute Gasteiger partial charge is 0.383 e. The van der Waals surface area contributed by atoms with E-state index in [0.29, 0.717) is 5.56 Å². The molecule has 1 amide bonds. The topological polar surface area (TPSA) is 69.8 Å². The van der Waals surface area contributed by atoms with Crippen molar-refractivity contribution in [2.24, 2.45) is 0 Å². The number of H-pyrrole nitrogens is 1. The molecule has 2 heterocycles. The number of carbonyl (C=O) groups is 1. The maximum atomic E-state index is 12.0. The maximum absolute atomic E-state index is 12.0. The van der Waals surface area contributed by atoms with E-state index in [9.17, 15) is 4.79 Å². The van der Waals surface area contributed by atoms with E-state index in [1.54, 1.807) is 12.4 Å². The Morgan fingerprint density at radius 3 is 2.92 bits per heavy atom. The Balaban J connectivity index is 1.62. The molecule has 1 aromatic carbocycles. The number of aromatic nitrogens is 2. The molecule has 0 atom stereocenters. The van der Waals surface area contributed by atoms with Gasteiger partial charge in [0.2, 0.25) is 0 Å². The fourth-order valence-corrected chi connectivity index (χ4v) is 2.69. The van der Waals surface area contributed by atoms with E-state index in [0.717, 1.165) is 24.2 Å². The number of nitrogens with one attached hydrogen (secondary N) is 3. The van der Waals surface area contributed by atoms with Crippen molar-refractivity contribution >= 4 is 22.5 Å². The van der Waals surface area contributed by atoms with Crippen molar-refractivity contribution in [2.45, 2.75) is 26.3 Å². The summed E-state index contributed by atoms with van der Waals surface area (Å²) in [7, 11) is 0. The second-order valence-electron chi connectivity index (χ2n) is 6.13. The zero-order chi connectivity index (χ0) is 16.9. The Hall–Kier alpha value is -2.82. The van der Waals surface area contributed by atoms with Crippen molar-refractivity contribution < 1.29 is 4.79 Å². The van der Waals surface area contributed by atoms with Crippen LogP contribution in [-0.2, 0) is 6.42 Å². The van der Waals surface area contributed by atoms with Crippen LogP contribution in [-0.4, -0.2) is 28.5 Å². The van der Waals surface area contributed by atoms with E-state index in [1.165, 1.54) is 10.9 Å². The number of fused-ring (bicyclic) bond motifs is 1. The number of carbonyl (C=O) groups excluding carboxylic acids is 1. The number of para-hydroxylation sites is 1. The van der Waals surface area contributed by atoms with Gasteiger partial charge in [0, 0.05) is 42.1 Å². The molecule has 0 radical (unpaired) electrons. The second kappa shape index (κ2) is 7.17. The fourth-order valence-electron chi connectivity index (χ4n) is 2.69. The van der Waals surface area contributed by atoms with Crippen LogP contribution in [0.5, 0.6) is 0 Å². The third-order valence-corrected chi connectivity index (χ3v) is 3.82.